The number of hydrogen-bond donors (Lipinski definition) is 0. The van der Waals surface area contributed by atoms with Gasteiger partial charge in [-0.2, -0.15) is 5.10 Å². The van der Waals surface area contributed by atoms with Gasteiger partial charge in [0.15, 0.2) is 0 Å². The number of hydrogen-bond acceptors (Lipinski definition) is 6. The topological polar surface area (TPSA) is 86.0 Å². The Labute approximate surface area is 186 Å². The van der Waals surface area contributed by atoms with Gasteiger partial charge in [0.2, 0.25) is 0 Å². The number of ether oxygens (including phenoxy) is 1. The second-order valence-electron chi connectivity index (χ2n) is 7.33. The summed E-state index contributed by atoms with van der Waals surface area (Å²) in [5, 5.41) is 4.38. The molecule has 3 heterocycles. The number of nitrogens with zero attached hydrogens (tertiary/aromatic N) is 6. The molecule has 0 atom stereocenters. The zero-order valence-electron chi connectivity index (χ0n) is 18.3. The number of amides is 1. The Morgan fingerprint density at radius 1 is 1.09 bits per heavy atom. The molecule has 0 bridgehead atoms. The Hall–Kier alpha value is -4.07. The minimum atomic E-state index is -0.103. The van der Waals surface area contributed by atoms with Crippen molar-refractivity contribution >= 4 is 5.91 Å². The van der Waals surface area contributed by atoms with Gasteiger partial charge in [0.05, 0.1) is 30.3 Å². The highest BCUT2D eigenvalue weighted by atomic mass is 16.5. The first-order valence-corrected chi connectivity index (χ1v) is 10.2. The maximum Gasteiger partial charge on any atom is 0.257 e. The fourth-order valence-corrected chi connectivity index (χ4v) is 3.35. The number of methoxy groups -OCH3 is 1. The Morgan fingerprint density at radius 3 is 2.75 bits per heavy atom. The monoisotopic (exact) mass is 428 g/mol. The summed E-state index contributed by atoms with van der Waals surface area (Å²) in [5.74, 6) is 1.05. The Bertz CT molecular complexity index is 1220. The molecule has 0 radical (unpaired) electrons. The minimum absolute atomic E-state index is 0.103. The summed E-state index contributed by atoms with van der Waals surface area (Å²) >= 11 is 0. The molecule has 0 saturated carbocycles. The van der Waals surface area contributed by atoms with Crippen LogP contribution in [0.1, 0.15) is 21.7 Å². The van der Waals surface area contributed by atoms with Crippen LogP contribution in [0.15, 0.2) is 67.1 Å². The van der Waals surface area contributed by atoms with E-state index in [1.807, 2.05) is 55.5 Å². The van der Waals surface area contributed by atoms with Crippen molar-refractivity contribution < 1.29 is 9.53 Å². The molecule has 4 rings (SSSR count). The largest absolute Gasteiger partial charge is 0.497 e. The van der Waals surface area contributed by atoms with Gasteiger partial charge in [-0.15, -0.1) is 0 Å². The lowest BCUT2D eigenvalue weighted by Gasteiger charge is -2.16. The number of benzene rings is 1. The SMILES string of the molecule is COc1cccc(-c2ccnc(-n3ncc(C(=O)N(C)CCc4ccccn4)c3C)n2)c1. The first-order chi connectivity index (χ1) is 15.6. The second kappa shape index (κ2) is 9.38. The van der Waals surface area contributed by atoms with Crippen LogP contribution in [0.4, 0.5) is 0 Å². The molecule has 0 N–H and O–H groups in total. The molecule has 0 unspecified atom stereocenters. The molecular formula is C24H24N6O2. The zero-order chi connectivity index (χ0) is 22.5. The van der Waals surface area contributed by atoms with Crippen LogP contribution in [-0.2, 0) is 6.42 Å². The van der Waals surface area contributed by atoms with Gasteiger partial charge in [-0.05, 0) is 37.3 Å². The average Bonchev–Trinajstić information content (AvgIpc) is 3.24. The molecule has 0 spiro atoms. The van der Waals surface area contributed by atoms with Crippen LogP contribution in [0.2, 0.25) is 0 Å². The van der Waals surface area contributed by atoms with Gasteiger partial charge < -0.3 is 9.64 Å². The van der Waals surface area contributed by atoms with E-state index in [0.717, 1.165) is 22.7 Å². The molecule has 8 heteroatoms. The number of carbonyl (C=O) groups excluding carboxylic acids is 1. The second-order valence-corrected chi connectivity index (χ2v) is 7.33. The van der Waals surface area contributed by atoms with Crippen LogP contribution in [-0.4, -0.2) is 56.2 Å². The van der Waals surface area contributed by atoms with E-state index >= 15 is 0 Å². The van der Waals surface area contributed by atoms with Crippen molar-refractivity contribution in [3.05, 3.63) is 84.1 Å². The third-order valence-electron chi connectivity index (χ3n) is 5.21. The minimum Gasteiger partial charge on any atom is -0.497 e. The summed E-state index contributed by atoms with van der Waals surface area (Å²) in [6, 6.07) is 15.3. The van der Waals surface area contributed by atoms with E-state index in [1.165, 1.54) is 0 Å². The molecule has 0 fully saturated rings. The van der Waals surface area contributed by atoms with Crippen molar-refractivity contribution in [2.24, 2.45) is 0 Å². The standard InChI is InChI=1S/C24H24N6O2/c1-17-21(23(31)29(2)14-11-19-8-4-5-12-25-19)16-27-30(17)24-26-13-10-22(28-24)18-7-6-9-20(15-18)32-3/h4-10,12-13,15-16H,11,14H2,1-3H3. The van der Waals surface area contributed by atoms with E-state index < -0.39 is 0 Å². The molecular weight excluding hydrogens is 404 g/mol. The lowest BCUT2D eigenvalue weighted by Crippen LogP contribution is -2.29. The summed E-state index contributed by atoms with van der Waals surface area (Å²) in [6.07, 6.45) is 5.68. The lowest BCUT2D eigenvalue weighted by atomic mass is 10.1. The van der Waals surface area contributed by atoms with Crippen molar-refractivity contribution in [3.8, 4) is 23.0 Å². The van der Waals surface area contributed by atoms with E-state index in [2.05, 4.69) is 20.1 Å². The van der Waals surface area contributed by atoms with E-state index in [4.69, 9.17) is 4.74 Å². The van der Waals surface area contributed by atoms with Crippen molar-refractivity contribution in [3.63, 3.8) is 0 Å². The fraction of sp³-hybridized carbons (Fsp3) is 0.208. The van der Waals surface area contributed by atoms with E-state index in [-0.39, 0.29) is 5.91 Å². The predicted molar refractivity (Wildman–Crippen MR) is 121 cm³/mol. The molecule has 0 aliphatic heterocycles. The molecule has 8 nitrogen and oxygen atoms in total. The van der Waals surface area contributed by atoms with Crippen molar-refractivity contribution in [1.29, 1.82) is 0 Å². The van der Waals surface area contributed by atoms with Gasteiger partial charge in [-0.25, -0.2) is 14.6 Å². The third-order valence-corrected chi connectivity index (χ3v) is 5.21. The first kappa shape index (κ1) is 21.2. The molecule has 0 aliphatic rings. The van der Waals surface area contributed by atoms with Crippen LogP contribution < -0.4 is 4.74 Å². The van der Waals surface area contributed by atoms with Gasteiger partial charge >= 0.3 is 0 Å². The third kappa shape index (κ3) is 4.49. The number of rotatable bonds is 7. The maximum absolute atomic E-state index is 13.0. The number of aromatic nitrogens is 5. The summed E-state index contributed by atoms with van der Waals surface area (Å²) in [6.45, 7) is 2.40. The van der Waals surface area contributed by atoms with Crippen LogP contribution in [0.25, 0.3) is 17.2 Å². The van der Waals surface area contributed by atoms with E-state index in [1.54, 1.807) is 42.3 Å². The van der Waals surface area contributed by atoms with Crippen molar-refractivity contribution in [2.45, 2.75) is 13.3 Å². The van der Waals surface area contributed by atoms with Crippen LogP contribution in [0, 0.1) is 6.92 Å². The molecule has 1 aromatic carbocycles. The first-order valence-electron chi connectivity index (χ1n) is 10.2. The quantitative estimate of drug-likeness (QED) is 0.449. The number of likely N-dealkylation sites (N-methyl/N-ethyl adjacent to an activating group) is 1. The highest BCUT2D eigenvalue weighted by Gasteiger charge is 2.20. The van der Waals surface area contributed by atoms with Crippen molar-refractivity contribution in [2.75, 3.05) is 20.7 Å². The molecule has 32 heavy (non-hydrogen) atoms. The van der Waals surface area contributed by atoms with Gasteiger partial charge in [-0.3, -0.25) is 9.78 Å². The Kier molecular flexibility index (Phi) is 6.21. The fourth-order valence-electron chi connectivity index (χ4n) is 3.35. The molecule has 4 aromatic rings. The molecule has 1 amide bonds. The van der Waals surface area contributed by atoms with Gasteiger partial charge in [0.25, 0.3) is 11.9 Å². The van der Waals surface area contributed by atoms with Crippen molar-refractivity contribution in [1.82, 2.24) is 29.6 Å². The summed E-state index contributed by atoms with van der Waals surface area (Å²) < 4.78 is 6.89. The number of carbonyl (C=O) groups is 1. The molecule has 0 aliphatic carbocycles. The summed E-state index contributed by atoms with van der Waals surface area (Å²) in [7, 11) is 3.41. The average molecular weight is 428 g/mol. The maximum atomic E-state index is 13.0. The number of pyridine rings is 1. The van der Waals surface area contributed by atoms with Gasteiger partial charge in [0, 0.05) is 43.7 Å². The Balaban J connectivity index is 1.54. The molecule has 162 valence electrons. The van der Waals surface area contributed by atoms with Gasteiger partial charge in [0.1, 0.15) is 5.75 Å². The normalized spacial score (nSPS) is 10.7. The summed E-state index contributed by atoms with van der Waals surface area (Å²) in [4.78, 5) is 28.0. The molecule has 0 saturated heterocycles. The highest BCUT2D eigenvalue weighted by molar-refractivity contribution is 5.95. The smallest absolute Gasteiger partial charge is 0.257 e. The molecule has 3 aromatic heterocycles. The predicted octanol–water partition coefficient (Wildman–Crippen LogP) is 3.36. The summed E-state index contributed by atoms with van der Waals surface area (Å²) in [5.41, 5.74) is 3.79. The van der Waals surface area contributed by atoms with Crippen LogP contribution in [0.3, 0.4) is 0 Å². The van der Waals surface area contributed by atoms with Gasteiger partial charge in [-0.1, -0.05) is 18.2 Å². The zero-order valence-corrected chi connectivity index (χ0v) is 18.3. The van der Waals surface area contributed by atoms with E-state index in [9.17, 15) is 4.79 Å². The van der Waals surface area contributed by atoms with Crippen LogP contribution >= 0.6 is 0 Å². The lowest BCUT2D eigenvalue weighted by molar-refractivity contribution is 0.0795. The van der Waals surface area contributed by atoms with E-state index in [0.29, 0.717) is 30.2 Å². The van der Waals surface area contributed by atoms with Crippen LogP contribution in [0.5, 0.6) is 5.75 Å². The Morgan fingerprint density at radius 2 is 1.97 bits per heavy atom. The highest BCUT2D eigenvalue weighted by Crippen LogP contribution is 2.23.